The molecular formula is C17H18N2O2S. The van der Waals surface area contributed by atoms with E-state index in [9.17, 15) is 9.90 Å². The van der Waals surface area contributed by atoms with Gasteiger partial charge in [-0.05, 0) is 30.4 Å². The fraction of sp³-hybridized carbons (Fsp3) is 0.294. The van der Waals surface area contributed by atoms with Gasteiger partial charge in [-0.2, -0.15) is 5.26 Å². The molecule has 0 radical (unpaired) electrons. The van der Waals surface area contributed by atoms with E-state index in [1.165, 1.54) is 11.3 Å². The molecule has 0 aliphatic heterocycles. The molecule has 0 bridgehead atoms. The summed E-state index contributed by atoms with van der Waals surface area (Å²) in [6.45, 7) is 2.17. The van der Waals surface area contributed by atoms with Crippen LogP contribution in [-0.2, 0) is 0 Å². The van der Waals surface area contributed by atoms with Gasteiger partial charge in [-0.25, -0.2) is 0 Å². The monoisotopic (exact) mass is 314 g/mol. The van der Waals surface area contributed by atoms with Crippen molar-refractivity contribution in [3.63, 3.8) is 0 Å². The first-order valence-corrected chi connectivity index (χ1v) is 7.98. The number of aliphatic hydroxyl groups excluding tert-OH is 1. The molecule has 0 saturated heterocycles. The Hall–Kier alpha value is -2.16. The minimum Gasteiger partial charge on any atom is -0.393 e. The minimum atomic E-state index is -0.446. The summed E-state index contributed by atoms with van der Waals surface area (Å²) in [7, 11) is 0. The first-order valence-electron chi connectivity index (χ1n) is 7.10. The summed E-state index contributed by atoms with van der Waals surface area (Å²) in [5.41, 5.74) is 1.48. The quantitative estimate of drug-likeness (QED) is 0.861. The van der Waals surface area contributed by atoms with Gasteiger partial charge in [0, 0.05) is 12.5 Å². The van der Waals surface area contributed by atoms with E-state index in [0.717, 1.165) is 5.56 Å². The van der Waals surface area contributed by atoms with Crippen LogP contribution < -0.4 is 5.32 Å². The van der Waals surface area contributed by atoms with Crippen LogP contribution in [0.25, 0.3) is 0 Å². The zero-order valence-electron chi connectivity index (χ0n) is 12.3. The SMILES string of the molecule is CC(O)CC(CNC(=O)c1sccc1C#N)c1ccccc1. The van der Waals surface area contributed by atoms with Crippen LogP contribution in [0.1, 0.15) is 40.1 Å². The molecule has 114 valence electrons. The fourth-order valence-electron chi connectivity index (χ4n) is 2.34. The summed E-state index contributed by atoms with van der Waals surface area (Å²) < 4.78 is 0. The van der Waals surface area contributed by atoms with Crippen molar-refractivity contribution in [2.45, 2.75) is 25.4 Å². The van der Waals surface area contributed by atoms with E-state index in [4.69, 9.17) is 5.26 Å². The zero-order chi connectivity index (χ0) is 15.9. The first-order chi connectivity index (χ1) is 10.6. The van der Waals surface area contributed by atoms with Gasteiger partial charge in [-0.15, -0.1) is 11.3 Å². The van der Waals surface area contributed by atoms with Gasteiger partial charge in [0.05, 0.1) is 11.7 Å². The van der Waals surface area contributed by atoms with E-state index in [0.29, 0.717) is 23.4 Å². The van der Waals surface area contributed by atoms with Gasteiger partial charge in [-0.3, -0.25) is 4.79 Å². The summed E-state index contributed by atoms with van der Waals surface area (Å²) in [4.78, 5) is 12.6. The molecule has 22 heavy (non-hydrogen) atoms. The van der Waals surface area contributed by atoms with Crippen LogP contribution in [-0.4, -0.2) is 23.7 Å². The van der Waals surface area contributed by atoms with E-state index >= 15 is 0 Å². The highest BCUT2D eigenvalue weighted by molar-refractivity contribution is 7.12. The Morgan fingerprint density at radius 2 is 2.09 bits per heavy atom. The lowest BCUT2D eigenvalue weighted by atomic mass is 9.93. The average molecular weight is 314 g/mol. The van der Waals surface area contributed by atoms with Crippen molar-refractivity contribution in [2.24, 2.45) is 0 Å². The Morgan fingerprint density at radius 3 is 2.73 bits per heavy atom. The number of carbonyl (C=O) groups is 1. The minimum absolute atomic E-state index is 0.0376. The number of nitrogens with zero attached hydrogens (tertiary/aromatic N) is 1. The maximum absolute atomic E-state index is 12.2. The summed E-state index contributed by atoms with van der Waals surface area (Å²) in [5, 5.41) is 23.2. The number of rotatable bonds is 6. The standard InChI is InChI=1S/C17H18N2O2S/c1-12(20)9-15(13-5-3-2-4-6-13)11-19-17(21)16-14(10-18)7-8-22-16/h2-8,12,15,20H,9,11H2,1H3,(H,19,21). The Labute approximate surface area is 134 Å². The number of aliphatic hydroxyl groups is 1. The molecule has 0 fully saturated rings. The predicted octanol–water partition coefficient (Wildman–Crippen LogP) is 2.90. The van der Waals surface area contributed by atoms with Crippen LogP contribution in [0.2, 0.25) is 0 Å². The smallest absolute Gasteiger partial charge is 0.262 e. The van der Waals surface area contributed by atoms with E-state index in [-0.39, 0.29) is 11.8 Å². The highest BCUT2D eigenvalue weighted by atomic mass is 32.1. The third kappa shape index (κ3) is 4.17. The summed E-state index contributed by atoms with van der Waals surface area (Å²) >= 11 is 1.26. The maximum atomic E-state index is 12.2. The molecule has 1 heterocycles. The number of hydrogen-bond acceptors (Lipinski definition) is 4. The van der Waals surface area contributed by atoms with Crippen LogP contribution in [0.5, 0.6) is 0 Å². The van der Waals surface area contributed by atoms with Gasteiger partial charge in [0.2, 0.25) is 0 Å². The largest absolute Gasteiger partial charge is 0.393 e. The summed E-state index contributed by atoms with van der Waals surface area (Å²) in [5.74, 6) is -0.200. The summed E-state index contributed by atoms with van der Waals surface area (Å²) in [6, 6.07) is 13.5. The van der Waals surface area contributed by atoms with Gasteiger partial charge in [0.1, 0.15) is 10.9 Å². The first kappa shape index (κ1) is 16.2. The molecule has 2 atom stereocenters. The zero-order valence-corrected chi connectivity index (χ0v) is 13.1. The lowest BCUT2D eigenvalue weighted by Gasteiger charge is -2.19. The molecule has 0 aliphatic rings. The Balaban J connectivity index is 2.06. The van der Waals surface area contributed by atoms with Crippen molar-refractivity contribution in [3.05, 3.63) is 57.8 Å². The molecule has 4 nitrogen and oxygen atoms in total. The fourth-order valence-corrected chi connectivity index (χ4v) is 3.10. The molecule has 1 aromatic carbocycles. The van der Waals surface area contributed by atoms with E-state index in [2.05, 4.69) is 5.32 Å². The summed E-state index contributed by atoms with van der Waals surface area (Å²) in [6.07, 6.45) is 0.123. The number of amides is 1. The van der Waals surface area contributed by atoms with Crippen LogP contribution in [0.15, 0.2) is 41.8 Å². The van der Waals surface area contributed by atoms with Crippen LogP contribution >= 0.6 is 11.3 Å². The van der Waals surface area contributed by atoms with Crippen molar-refractivity contribution in [3.8, 4) is 6.07 Å². The molecule has 1 aromatic heterocycles. The molecule has 2 unspecified atom stereocenters. The number of thiophene rings is 1. The van der Waals surface area contributed by atoms with Crippen LogP contribution in [0.4, 0.5) is 0 Å². The van der Waals surface area contributed by atoms with Crippen molar-refractivity contribution >= 4 is 17.2 Å². The molecule has 0 saturated carbocycles. The molecule has 0 spiro atoms. The van der Waals surface area contributed by atoms with Gasteiger partial charge in [0.15, 0.2) is 0 Å². The molecule has 0 aliphatic carbocycles. The Kier molecular flexibility index (Phi) is 5.70. The van der Waals surface area contributed by atoms with Crippen molar-refractivity contribution in [1.29, 1.82) is 5.26 Å². The molecule has 1 amide bonds. The van der Waals surface area contributed by atoms with Crippen LogP contribution in [0, 0.1) is 11.3 Å². The Morgan fingerprint density at radius 1 is 1.36 bits per heavy atom. The van der Waals surface area contributed by atoms with E-state index < -0.39 is 6.10 Å². The van der Waals surface area contributed by atoms with Gasteiger partial charge in [0.25, 0.3) is 5.91 Å². The number of benzene rings is 1. The predicted molar refractivity (Wildman–Crippen MR) is 86.8 cm³/mol. The third-order valence-electron chi connectivity index (χ3n) is 3.40. The van der Waals surface area contributed by atoms with Gasteiger partial charge >= 0.3 is 0 Å². The van der Waals surface area contributed by atoms with Crippen molar-refractivity contribution in [1.82, 2.24) is 5.32 Å². The molecule has 2 N–H and O–H groups in total. The number of nitriles is 1. The second-order valence-electron chi connectivity index (χ2n) is 5.18. The Bertz CT molecular complexity index is 659. The second kappa shape index (κ2) is 7.74. The lowest BCUT2D eigenvalue weighted by Crippen LogP contribution is -2.29. The van der Waals surface area contributed by atoms with Crippen LogP contribution in [0.3, 0.4) is 0 Å². The van der Waals surface area contributed by atoms with Crippen molar-refractivity contribution in [2.75, 3.05) is 6.54 Å². The molecule has 2 rings (SSSR count). The number of nitrogens with one attached hydrogen (secondary N) is 1. The number of hydrogen-bond donors (Lipinski definition) is 2. The highest BCUT2D eigenvalue weighted by Gasteiger charge is 2.18. The molecular weight excluding hydrogens is 296 g/mol. The lowest BCUT2D eigenvalue weighted by molar-refractivity contribution is 0.0949. The molecule has 5 heteroatoms. The second-order valence-corrected chi connectivity index (χ2v) is 6.09. The van der Waals surface area contributed by atoms with Crippen molar-refractivity contribution < 1.29 is 9.90 Å². The van der Waals surface area contributed by atoms with E-state index in [1.54, 1.807) is 18.4 Å². The topological polar surface area (TPSA) is 73.1 Å². The van der Waals surface area contributed by atoms with Gasteiger partial charge < -0.3 is 10.4 Å². The van der Waals surface area contributed by atoms with Gasteiger partial charge in [-0.1, -0.05) is 30.3 Å². The normalized spacial score (nSPS) is 13.1. The van der Waals surface area contributed by atoms with E-state index in [1.807, 2.05) is 36.4 Å². The maximum Gasteiger partial charge on any atom is 0.262 e. The average Bonchev–Trinajstić information content (AvgIpc) is 3.00. The molecule has 2 aromatic rings. The highest BCUT2D eigenvalue weighted by Crippen LogP contribution is 2.21. The number of carbonyl (C=O) groups excluding carboxylic acids is 1. The third-order valence-corrected chi connectivity index (χ3v) is 4.31.